The van der Waals surface area contributed by atoms with Crippen LogP contribution in [-0.4, -0.2) is 51.5 Å². The van der Waals surface area contributed by atoms with Gasteiger partial charge < -0.3 is 20.4 Å². The average molecular weight is 481 g/mol. The summed E-state index contributed by atoms with van der Waals surface area (Å²) in [6.07, 6.45) is 0.782. The number of aliphatic hydroxyl groups is 1. The number of carboxylic acid groups (broad SMARTS) is 1. The van der Waals surface area contributed by atoms with E-state index in [9.17, 15) is 24.6 Å². The quantitative estimate of drug-likeness (QED) is 0.522. The van der Waals surface area contributed by atoms with E-state index in [0.717, 1.165) is 5.56 Å². The van der Waals surface area contributed by atoms with Crippen LogP contribution in [0.25, 0.3) is 0 Å². The lowest BCUT2D eigenvalue weighted by Gasteiger charge is -2.51. The Bertz CT molecular complexity index is 895. The van der Waals surface area contributed by atoms with Crippen molar-refractivity contribution in [2.45, 2.75) is 78.4 Å². The van der Waals surface area contributed by atoms with Crippen LogP contribution in [0.1, 0.15) is 72.8 Å². The zero-order valence-corrected chi connectivity index (χ0v) is 21.3. The summed E-state index contributed by atoms with van der Waals surface area (Å²) >= 11 is 5.99. The molecule has 3 N–H and O–H groups in total. The van der Waals surface area contributed by atoms with Crippen molar-refractivity contribution in [3.05, 3.63) is 34.9 Å². The van der Waals surface area contributed by atoms with E-state index in [1.807, 2.05) is 26.0 Å². The maximum absolute atomic E-state index is 13.1. The van der Waals surface area contributed by atoms with Gasteiger partial charge in [-0.15, -0.1) is 0 Å². The number of halogens is 1. The maximum Gasteiger partial charge on any atom is 0.309 e. The van der Waals surface area contributed by atoms with Crippen molar-refractivity contribution in [2.75, 3.05) is 13.1 Å². The molecule has 1 aliphatic rings. The largest absolute Gasteiger partial charge is 0.481 e. The molecule has 2 rings (SSSR count). The number of nitrogens with one attached hydrogen (secondary N) is 1. The highest BCUT2D eigenvalue weighted by Gasteiger charge is 2.49. The fourth-order valence-corrected chi connectivity index (χ4v) is 4.43. The molecule has 0 saturated carbocycles. The molecule has 1 aliphatic heterocycles. The second-order valence-corrected chi connectivity index (χ2v) is 11.6. The molecule has 0 radical (unpaired) electrons. The van der Waals surface area contributed by atoms with Crippen molar-refractivity contribution < 1.29 is 24.6 Å². The smallest absolute Gasteiger partial charge is 0.309 e. The Balaban J connectivity index is 1.99. The second kappa shape index (κ2) is 9.63. The Hall–Kier alpha value is -2.12. The van der Waals surface area contributed by atoms with Gasteiger partial charge in [0.15, 0.2) is 0 Å². The van der Waals surface area contributed by atoms with Crippen LogP contribution < -0.4 is 5.32 Å². The average Bonchev–Trinajstić information content (AvgIpc) is 2.68. The molecule has 1 aromatic rings. The van der Waals surface area contributed by atoms with Crippen molar-refractivity contribution in [3.63, 3.8) is 0 Å². The monoisotopic (exact) mass is 480 g/mol. The van der Waals surface area contributed by atoms with Gasteiger partial charge in [-0.1, -0.05) is 37.6 Å². The van der Waals surface area contributed by atoms with E-state index in [1.54, 1.807) is 44.7 Å². The van der Waals surface area contributed by atoms with E-state index >= 15 is 0 Å². The number of likely N-dealkylation sites (tertiary alicyclic amines) is 1. The van der Waals surface area contributed by atoms with Crippen LogP contribution in [0.3, 0.4) is 0 Å². The van der Waals surface area contributed by atoms with E-state index < -0.39 is 27.9 Å². The van der Waals surface area contributed by atoms with Crippen LogP contribution in [-0.2, 0) is 20.0 Å². The third kappa shape index (κ3) is 6.48. The number of rotatable bonds is 8. The molecule has 1 saturated heterocycles. The zero-order chi connectivity index (χ0) is 25.2. The molecular formula is C25H37ClN2O5. The predicted octanol–water partition coefficient (Wildman–Crippen LogP) is 3.96. The van der Waals surface area contributed by atoms with E-state index in [0.29, 0.717) is 24.5 Å². The first-order valence-corrected chi connectivity index (χ1v) is 11.7. The summed E-state index contributed by atoms with van der Waals surface area (Å²) in [7, 11) is 0. The molecule has 184 valence electrons. The number of nitrogens with zero attached hydrogens (tertiary/aromatic N) is 1. The summed E-state index contributed by atoms with van der Waals surface area (Å²) in [5.74, 6) is -1.33. The highest BCUT2D eigenvalue weighted by molar-refractivity contribution is 6.30. The van der Waals surface area contributed by atoms with Crippen LogP contribution in [0.2, 0.25) is 5.02 Å². The third-order valence-corrected chi connectivity index (χ3v) is 7.00. The molecule has 0 bridgehead atoms. The Morgan fingerprint density at radius 2 is 1.70 bits per heavy atom. The Morgan fingerprint density at radius 1 is 1.12 bits per heavy atom. The summed E-state index contributed by atoms with van der Waals surface area (Å²) < 4.78 is 0. The molecule has 1 heterocycles. The molecule has 0 aliphatic carbocycles. The minimum absolute atomic E-state index is 0.0712. The molecule has 0 spiro atoms. The van der Waals surface area contributed by atoms with Gasteiger partial charge in [0.25, 0.3) is 0 Å². The SMILES string of the molecule is CC(C)(CC(=O)N1CC[C@](O)(c2ccc(Cl)cc2)C(C)(C)C1)NC(=O)CCC(C)(C)C(=O)O. The first-order valence-electron chi connectivity index (χ1n) is 11.3. The van der Waals surface area contributed by atoms with Gasteiger partial charge in [-0.3, -0.25) is 14.4 Å². The maximum atomic E-state index is 13.1. The zero-order valence-electron chi connectivity index (χ0n) is 20.5. The fourth-order valence-electron chi connectivity index (χ4n) is 4.30. The van der Waals surface area contributed by atoms with E-state index in [4.69, 9.17) is 11.6 Å². The highest BCUT2D eigenvalue weighted by Crippen LogP contribution is 2.46. The van der Waals surface area contributed by atoms with E-state index in [1.165, 1.54) is 0 Å². The Kier molecular flexibility index (Phi) is 7.91. The van der Waals surface area contributed by atoms with Gasteiger partial charge in [0.1, 0.15) is 0 Å². The first-order chi connectivity index (χ1) is 15.0. The number of carbonyl (C=O) groups excluding carboxylic acids is 2. The summed E-state index contributed by atoms with van der Waals surface area (Å²) in [4.78, 5) is 38.4. The molecule has 1 atom stereocenters. The number of carboxylic acids is 1. The topological polar surface area (TPSA) is 107 Å². The van der Waals surface area contributed by atoms with Gasteiger partial charge in [0, 0.05) is 41.9 Å². The normalized spacial score (nSPS) is 20.9. The van der Waals surface area contributed by atoms with E-state index in [2.05, 4.69) is 5.32 Å². The molecule has 0 unspecified atom stereocenters. The van der Waals surface area contributed by atoms with Gasteiger partial charge in [0.2, 0.25) is 11.8 Å². The predicted molar refractivity (Wildman–Crippen MR) is 128 cm³/mol. The lowest BCUT2D eigenvalue weighted by molar-refractivity contribution is -0.154. The van der Waals surface area contributed by atoms with Gasteiger partial charge in [-0.2, -0.15) is 0 Å². The second-order valence-electron chi connectivity index (χ2n) is 11.1. The molecule has 7 nitrogen and oxygen atoms in total. The van der Waals surface area contributed by atoms with Crippen molar-refractivity contribution in [1.82, 2.24) is 10.2 Å². The van der Waals surface area contributed by atoms with Gasteiger partial charge >= 0.3 is 5.97 Å². The fraction of sp³-hybridized carbons (Fsp3) is 0.640. The van der Waals surface area contributed by atoms with Crippen LogP contribution in [0.5, 0.6) is 0 Å². The first kappa shape index (κ1) is 27.1. The van der Waals surface area contributed by atoms with Crippen molar-refractivity contribution in [2.24, 2.45) is 10.8 Å². The van der Waals surface area contributed by atoms with Crippen molar-refractivity contribution in [1.29, 1.82) is 0 Å². The number of piperidine rings is 1. The van der Waals surface area contributed by atoms with Gasteiger partial charge in [-0.25, -0.2) is 0 Å². The number of benzene rings is 1. The van der Waals surface area contributed by atoms with Crippen LogP contribution in [0, 0.1) is 10.8 Å². The number of hydrogen-bond donors (Lipinski definition) is 3. The molecular weight excluding hydrogens is 444 g/mol. The number of carbonyl (C=O) groups is 3. The Morgan fingerprint density at radius 3 is 2.21 bits per heavy atom. The highest BCUT2D eigenvalue weighted by atomic mass is 35.5. The summed E-state index contributed by atoms with van der Waals surface area (Å²) in [5, 5.41) is 24.2. The lowest BCUT2D eigenvalue weighted by Crippen LogP contribution is -2.58. The molecule has 33 heavy (non-hydrogen) atoms. The third-order valence-electron chi connectivity index (χ3n) is 6.75. The molecule has 8 heteroatoms. The van der Waals surface area contributed by atoms with Crippen molar-refractivity contribution in [3.8, 4) is 0 Å². The summed E-state index contributed by atoms with van der Waals surface area (Å²) in [5.41, 5.74) is -2.67. The van der Waals surface area contributed by atoms with Crippen LogP contribution in [0.15, 0.2) is 24.3 Å². The molecule has 2 amide bonds. The number of hydrogen-bond acceptors (Lipinski definition) is 4. The molecule has 0 aromatic heterocycles. The van der Waals surface area contributed by atoms with Crippen LogP contribution in [0.4, 0.5) is 0 Å². The Labute approximate surface area is 201 Å². The van der Waals surface area contributed by atoms with E-state index in [-0.39, 0.29) is 31.1 Å². The summed E-state index contributed by atoms with van der Waals surface area (Å²) in [6, 6.07) is 7.16. The minimum atomic E-state index is -1.09. The summed E-state index contributed by atoms with van der Waals surface area (Å²) in [6.45, 7) is 11.4. The minimum Gasteiger partial charge on any atom is -0.481 e. The van der Waals surface area contributed by atoms with Crippen LogP contribution >= 0.6 is 11.6 Å². The van der Waals surface area contributed by atoms with Gasteiger partial charge in [0.05, 0.1) is 11.0 Å². The molecule has 1 aromatic carbocycles. The number of amides is 2. The molecule has 1 fully saturated rings. The number of aliphatic carboxylic acids is 1. The standard InChI is InChI=1S/C25H37ClN2O5/c1-22(2,21(31)32)12-11-19(29)27-24(5,6)15-20(30)28-14-13-25(33,23(3,4)16-28)17-7-9-18(26)10-8-17/h7-10,33H,11-16H2,1-6H3,(H,27,29)(H,31,32)/t25-/m0/s1. The lowest BCUT2D eigenvalue weighted by atomic mass is 9.66. The van der Waals surface area contributed by atoms with Crippen molar-refractivity contribution >= 4 is 29.4 Å². The van der Waals surface area contributed by atoms with Gasteiger partial charge in [-0.05, 0) is 58.2 Å².